The Morgan fingerprint density at radius 1 is 1.00 bits per heavy atom. The van der Waals surface area contributed by atoms with Gasteiger partial charge in [0.2, 0.25) is 0 Å². The summed E-state index contributed by atoms with van der Waals surface area (Å²) in [5.74, 6) is 0. The molecule has 0 heterocycles. The molecule has 3 heteroatoms. The van der Waals surface area contributed by atoms with E-state index in [4.69, 9.17) is 15.8 Å². The van der Waals surface area contributed by atoms with Crippen molar-refractivity contribution < 1.29 is 0 Å². The Kier molecular flexibility index (Phi) is 102. The fraction of sp³-hybridized carbons (Fsp3) is 0.400. The lowest BCUT2D eigenvalue weighted by Gasteiger charge is -1.16. The monoisotopic (exact) mass is 109 g/mol. The molecule has 0 amide bonds. The van der Waals surface area contributed by atoms with Crippen LogP contribution in [0.4, 0.5) is 0 Å². The second-order valence-corrected chi connectivity index (χ2v) is 0.447. The Morgan fingerprint density at radius 3 is 1.12 bits per heavy atom. The topological polar surface area (TPSA) is 71.4 Å². The van der Waals surface area contributed by atoms with Gasteiger partial charge in [-0.2, -0.15) is 15.8 Å². The van der Waals surface area contributed by atoms with E-state index in [1.165, 1.54) is 19.1 Å². The second kappa shape index (κ2) is 50.6. The van der Waals surface area contributed by atoms with Crippen molar-refractivity contribution in [2.75, 3.05) is 0 Å². The molecule has 3 nitrogen and oxygen atoms in total. The fourth-order valence-corrected chi connectivity index (χ4v) is 0. The molecular formula is C5H7N3. The molecule has 0 saturated carbocycles. The molecule has 0 radical (unpaired) electrons. The Morgan fingerprint density at radius 2 is 1.12 bits per heavy atom. The summed E-state index contributed by atoms with van der Waals surface area (Å²) >= 11 is 0. The van der Waals surface area contributed by atoms with Crippen molar-refractivity contribution in [3.05, 3.63) is 0 Å². The van der Waals surface area contributed by atoms with E-state index >= 15 is 0 Å². The normalized spacial score (nSPS) is 2.25. The van der Waals surface area contributed by atoms with Crippen LogP contribution >= 0.6 is 0 Å². The summed E-state index contributed by atoms with van der Waals surface area (Å²) < 4.78 is 0. The van der Waals surface area contributed by atoms with Crippen LogP contribution in [-0.2, 0) is 0 Å². The summed E-state index contributed by atoms with van der Waals surface area (Å²) in [4.78, 5) is 0. The maximum absolute atomic E-state index is 7.32. The number of nitriles is 3. The molecule has 0 spiro atoms. The zero-order chi connectivity index (χ0) is 6.12. The molecule has 0 aromatic heterocycles. The first kappa shape index (κ1) is 16.1. The molecule has 0 aliphatic heterocycles. The van der Waals surface area contributed by atoms with Crippen LogP contribution in [0.5, 0.6) is 0 Å². The smallest absolute Gasteiger partial charge is 0.181 e. The maximum atomic E-state index is 7.32. The number of hydrogen-bond acceptors (Lipinski definition) is 3. The molecule has 0 rings (SSSR count). The van der Waals surface area contributed by atoms with Gasteiger partial charge in [0.15, 0.2) is 12.1 Å². The molecule has 0 fully saturated rings. The molecule has 0 saturated heterocycles. The molecule has 0 aliphatic carbocycles. The lowest BCUT2D eigenvalue weighted by Crippen LogP contribution is -1.26. The van der Waals surface area contributed by atoms with E-state index in [1.807, 2.05) is 0 Å². The molecular weight excluding hydrogens is 102 g/mol. The first-order valence-electron chi connectivity index (χ1n) is 1.42. The van der Waals surface area contributed by atoms with Crippen LogP contribution in [0.25, 0.3) is 0 Å². The molecule has 8 heavy (non-hydrogen) atoms. The third-order valence-corrected chi connectivity index (χ3v) is 0.0500. The molecule has 0 atom stereocenters. The van der Waals surface area contributed by atoms with Crippen LogP contribution in [0, 0.1) is 34.0 Å². The van der Waals surface area contributed by atoms with E-state index in [9.17, 15) is 0 Å². The van der Waals surface area contributed by atoms with Gasteiger partial charge >= 0.3 is 0 Å². The lowest BCUT2D eigenvalue weighted by molar-refractivity contribution is 1.49. The maximum Gasteiger partial charge on any atom is 0.181 e. The van der Waals surface area contributed by atoms with E-state index < -0.39 is 0 Å². The summed E-state index contributed by atoms with van der Waals surface area (Å²) in [5, 5.41) is 21.8. The summed E-state index contributed by atoms with van der Waals surface area (Å²) in [7, 11) is 0. The van der Waals surface area contributed by atoms with E-state index in [0.29, 0.717) is 0 Å². The van der Waals surface area contributed by atoms with Gasteiger partial charge in [-0.25, -0.2) is 0 Å². The summed E-state index contributed by atoms with van der Waals surface area (Å²) in [6, 6.07) is 4.22. The zero-order valence-corrected chi connectivity index (χ0v) is 3.84. The van der Waals surface area contributed by atoms with E-state index in [-0.39, 0.29) is 7.43 Å². The number of rotatable bonds is 0. The predicted octanol–water partition coefficient (Wildman–Crippen LogP) is 1.20. The average Bonchev–Trinajstić information content (AvgIpc) is 1.69. The Labute approximate surface area is 49.4 Å². The molecule has 0 aromatic carbocycles. The van der Waals surface area contributed by atoms with Crippen molar-refractivity contribution in [2.45, 2.75) is 14.4 Å². The number of hydrogen-bond donors (Lipinski definition) is 0. The van der Waals surface area contributed by atoms with Gasteiger partial charge in [-0.3, -0.25) is 0 Å². The van der Waals surface area contributed by atoms with Crippen LogP contribution < -0.4 is 0 Å². The van der Waals surface area contributed by atoms with Crippen LogP contribution in [0.15, 0.2) is 0 Å². The van der Waals surface area contributed by atoms with E-state index in [1.54, 1.807) is 6.07 Å². The highest BCUT2D eigenvalue weighted by Gasteiger charge is 1.39. The zero-order valence-electron chi connectivity index (χ0n) is 3.84. The fourth-order valence-electron chi connectivity index (χ4n) is 0. The Balaban J connectivity index is -0.0000000575. The van der Waals surface area contributed by atoms with Gasteiger partial charge in [-0.1, -0.05) is 7.43 Å². The summed E-state index contributed by atoms with van der Waals surface area (Å²) in [6.45, 7) is 1.43. The Hall–Kier alpha value is -1.53. The minimum atomic E-state index is 0. The minimum absolute atomic E-state index is 0. The van der Waals surface area contributed by atoms with E-state index in [2.05, 4.69) is 0 Å². The van der Waals surface area contributed by atoms with Crippen LogP contribution in [-0.4, -0.2) is 0 Å². The lowest BCUT2D eigenvalue weighted by atomic mass is 10.9. The molecule has 42 valence electrons. The second-order valence-electron chi connectivity index (χ2n) is 0.447. The van der Waals surface area contributed by atoms with Crippen molar-refractivity contribution in [2.24, 2.45) is 0 Å². The van der Waals surface area contributed by atoms with Gasteiger partial charge < -0.3 is 0 Å². The molecule has 0 aliphatic rings. The van der Waals surface area contributed by atoms with Gasteiger partial charge in [0.25, 0.3) is 0 Å². The third kappa shape index (κ3) is 192. The van der Waals surface area contributed by atoms with Gasteiger partial charge in [-0.15, -0.1) is 0 Å². The quantitative estimate of drug-likeness (QED) is 0.469. The highest BCUT2D eigenvalue weighted by molar-refractivity contribution is 4.99. The van der Waals surface area contributed by atoms with Crippen LogP contribution in [0.2, 0.25) is 0 Å². The van der Waals surface area contributed by atoms with Crippen LogP contribution in [0.1, 0.15) is 14.4 Å². The predicted molar refractivity (Wildman–Crippen MR) is 29.2 cm³/mol. The van der Waals surface area contributed by atoms with Crippen molar-refractivity contribution in [3.8, 4) is 18.2 Å². The SMILES string of the molecule is C.CC#N.N#CC#N. The van der Waals surface area contributed by atoms with Crippen molar-refractivity contribution in [1.29, 1.82) is 15.8 Å². The van der Waals surface area contributed by atoms with Gasteiger partial charge in [0, 0.05) is 6.92 Å². The summed E-state index contributed by atoms with van der Waals surface area (Å²) in [5.41, 5.74) is 0. The largest absolute Gasteiger partial charge is 0.199 e. The molecule has 0 aromatic rings. The highest BCUT2D eigenvalue weighted by atomic mass is 14.3. The van der Waals surface area contributed by atoms with E-state index in [0.717, 1.165) is 0 Å². The minimum Gasteiger partial charge on any atom is -0.199 e. The summed E-state index contributed by atoms with van der Waals surface area (Å²) in [6.07, 6.45) is 0. The Bertz CT molecular complexity index is 117. The number of nitrogens with zero attached hydrogens (tertiary/aromatic N) is 3. The van der Waals surface area contributed by atoms with Gasteiger partial charge in [0.05, 0.1) is 6.07 Å². The first-order chi connectivity index (χ1) is 3.33. The molecule has 0 unspecified atom stereocenters. The molecule has 0 N–H and O–H groups in total. The third-order valence-electron chi connectivity index (χ3n) is 0.0500. The standard InChI is InChI=1S/C2N2.C2H3N.CH4/c3-1-2-4;1-2-3;/h;1H3;1H4. The van der Waals surface area contributed by atoms with Gasteiger partial charge in [-0.05, 0) is 0 Å². The first-order valence-corrected chi connectivity index (χ1v) is 1.42. The highest BCUT2D eigenvalue weighted by Crippen LogP contribution is 1.27. The average molecular weight is 109 g/mol. The molecule has 0 bridgehead atoms. The van der Waals surface area contributed by atoms with Crippen LogP contribution in [0.3, 0.4) is 0 Å². The van der Waals surface area contributed by atoms with Crippen molar-refractivity contribution in [1.82, 2.24) is 0 Å². The van der Waals surface area contributed by atoms with Crippen molar-refractivity contribution >= 4 is 0 Å². The van der Waals surface area contributed by atoms with Crippen molar-refractivity contribution in [3.63, 3.8) is 0 Å². The van der Waals surface area contributed by atoms with Gasteiger partial charge in [0.1, 0.15) is 0 Å².